The zero-order valence-corrected chi connectivity index (χ0v) is 17.3. The molecule has 7 nitrogen and oxygen atoms in total. The summed E-state index contributed by atoms with van der Waals surface area (Å²) in [7, 11) is -3.47. The van der Waals surface area contributed by atoms with E-state index in [0.29, 0.717) is 37.6 Å². The molecule has 0 saturated carbocycles. The maximum atomic E-state index is 12.6. The van der Waals surface area contributed by atoms with Gasteiger partial charge in [0.1, 0.15) is 17.9 Å². The van der Waals surface area contributed by atoms with Crippen molar-refractivity contribution in [3.8, 4) is 5.75 Å². The third kappa shape index (κ3) is 4.29. The smallest absolute Gasteiger partial charge is 0.251 e. The monoisotopic (exact) mass is 425 g/mol. The van der Waals surface area contributed by atoms with E-state index in [-0.39, 0.29) is 10.8 Å². The predicted molar refractivity (Wildman–Crippen MR) is 114 cm³/mol. The number of fused-ring (bicyclic) bond motifs is 1. The molecule has 4 rings (SSSR count). The van der Waals surface area contributed by atoms with E-state index in [4.69, 9.17) is 4.74 Å². The molecule has 2 heterocycles. The van der Waals surface area contributed by atoms with E-state index < -0.39 is 10.0 Å². The van der Waals surface area contributed by atoms with Gasteiger partial charge in [-0.05, 0) is 49.2 Å². The second kappa shape index (κ2) is 8.81. The first kappa shape index (κ1) is 20.3. The number of pyridine rings is 1. The summed E-state index contributed by atoms with van der Waals surface area (Å²) in [6.45, 7) is 1.71. The van der Waals surface area contributed by atoms with Crippen molar-refractivity contribution in [2.75, 3.05) is 26.2 Å². The molecular weight excluding hydrogens is 402 g/mol. The largest absolute Gasteiger partial charge is 0.489 e. The van der Waals surface area contributed by atoms with Crippen LogP contribution < -0.4 is 10.1 Å². The Hall–Kier alpha value is -2.97. The Morgan fingerprint density at radius 2 is 1.77 bits per heavy atom. The van der Waals surface area contributed by atoms with E-state index in [1.807, 2.05) is 30.3 Å². The second-order valence-corrected chi connectivity index (χ2v) is 9.01. The Balaban J connectivity index is 1.32. The summed E-state index contributed by atoms with van der Waals surface area (Å²) in [4.78, 5) is 16.9. The number of carbonyl (C=O) groups is 1. The van der Waals surface area contributed by atoms with Crippen molar-refractivity contribution in [1.82, 2.24) is 14.6 Å². The normalized spacial score (nSPS) is 14.7. The van der Waals surface area contributed by atoms with E-state index in [1.54, 1.807) is 6.20 Å². The summed E-state index contributed by atoms with van der Waals surface area (Å²) in [5.41, 5.74) is 1.18. The molecule has 3 aromatic rings. The highest BCUT2D eigenvalue weighted by atomic mass is 32.2. The van der Waals surface area contributed by atoms with Crippen LogP contribution in [0.5, 0.6) is 5.75 Å². The number of rotatable bonds is 7. The van der Waals surface area contributed by atoms with Gasteiger partial charge in [-0.2, -0.15) is 4.31 Å². The van der Waals surface area contributed by atoms with Gasteiger partial charge >= 0.3 is 0 Å². The number of benzene rings is 2. The van der Waals surface area contributed by atoms with Gasteiger partial charge in [0.2, 0.25) is 10.0 Å². The number of ether oxygens (including phenoxy) is 1. The quantitative estimate of drug-likeness (QED) is 0.588. The minimum Gasteiger partial charge on any atom is -0.489 e. The molecule has 1 N–H and O–H groups in total. The maximum Gasteiger partial charge on any atom is 0.251 e. The summed E-state index contributed by atoms with van der Waals surface area (Å²) in [5.74, 6) is 0.388. The van der Waals surface area contributed by atoms with Crippen LogP contribution in [0, 0.1) is 0 Å². The fourth-order valence-corrected chi connectivity index (χ4v) is 4.99. The first-order valence-electron chi connectivity index (χ1n) is 9.91. The molecule has 30 heavy (non-hydrogen) atoms. The highest BCUT2D eigenvalue weighted by Crippen LogP contribution is 2.23. The SMILES string of the molecule is O=C(NCCOc1cccc2cccnc12)c1ccc(S(=O)(=O)N2CCCC2)cc1. The molecule has 0 spiro atoms. The summed E-state index contributed by atoms with van der Waals surface area (Å²) in [6, 6.07) is 15.6. The fraction of sp³-hybridized carbons (Fsp3) is 0.273. The Morgan fingerprint density at radius 1 is 1.03 bits per heavy atom. The van der Waals surface area contributed by atoms with Crippen molar-refractivity contribution >= 4 is 26.8 Å². The van der Waals surface area contributed by atoms with Crippen LogP contribution in [0.2, 0.25) is 0 Å². The number of nitrogens with one attached hydrogen (secondary N) is 1. The van der Waals surface area contributed by atoms with Crippen LogP contribution >= 0.6 is 0 Å². The molecule has 0 bridgehead atoms. The van der Waals surface area contributed by atoms with Crippen LogP contribution in [0.15, 0.2) is 65.7 Å². The Morgan fingerprint density at radius 3 is 2.53 bits per heavy atom. The number of para-hydroxylation sites is 1. The van der Waals surface area contributed by atoms with Crippen LogP contribution in [0.3, 0.4) is 0 Å². The average Bonchev–Trinajstić information content (AvgIpc) is 3.33. The van der Waals surface area contributed by atoms with Crippen molar-refractivity contribution in [3.05, 3.63) is 66.4 Å². The molecule has 0 aliphatic carbocycles. The van der Waals surface area contributed by atoms with Crippen molar-refractivity contribution < 1.29 is 17.9 Å². The lowest BCUT2D eigenvalue weighted by molar-refractivity contribution is 0.0947. The Bertz CT molecular complexity index is 1140. The molecule has 8 heteroatoms. The summed E-state index contributed by atoms with van der Waals surface area (Å²) < 4.78 is 32.4. The average molecular weight is 426 g/mol. The molecule has 2 aromatic carbocycles. The van der Waals surface area contributed by atoms with Gasteiger partial charge in [-0.1, -0.05) is 18.2 Å². The number of nitrogens with zero attached hydrogens (tertiary/aromatic N) is 2. The number of aromatic nitrogens is 1. The lowest BCUT2D eigenvalue weighted by Gasteiger charge is -2.15. The van der Waals surface area contributed by atoms with Crippen LogP contribution in [0.4, 0.5) is 0 Å². The van der Waals surface area contributed by atoms with Crippen LogP contribution in [-0.4, -0.2) is 49.9 Å². The number of amides is 1. The third-order valence-electron chi connectivity index (χ3n) is 5.06. The van der Waals surface area contributed by atoms with Gasteiger partial charge in [0.15, 0.2) is 0 Å². The van der Waals surface area contributed by atoms with Gasteiger partial charge in [-0.15, -0.1) is 0 Å². The lowest BCUT2D eigenvalue weighted by Crippen LogP contribution is -2.29. The molecule has 0 radical (unpaired) electrons. The van der Waals surface area contributed by atoms with Gasteiger partial charge in [-0.3, -0.25) is 9.78 Å². The molecule has 1 aliphatic heterocycles. The van der Waals surface area contributed by atoms with E-state index >= 15 is 0 Å². The van der Waals surface area contributed by atoms with Crippen molar-refractivity contribution in [3.63, 3.8) is 0 Å². The van der Waals surface area contributed by atoms with Gasteiger partial charge < -0.3 is 10.1 Å². The zero-order chi connectivity index (χ0) is 21.0. The summed E-state index contributed by atoms with van der Waals surface area (Å²) >= 11 is 0. The number of hydrogen-bond donors (Lipinski definition) is 1. The molecule has 0 unspecified atom stereocenters. The number of sulfonamides is 1. The van der Waals surface area contributed by atoms with E-state index in [0.717, 1.165) is 23.7 Å². The highest BCUT2D eigenvalue weighted by Gasteiger charge is 2.27. The number of hydrogen-bond acceptors (Lipinski definition) is 5. The minimum atomic E-state index is -3.47. The third-order valence-corrected chi connectivity index (χ3v) is 6.97. The molecular formula is C22H23N3O4S. The topological polar surface area (TPSA) is 88.6 Å². The van der Waals surface area contributed by atoms with E-state index in [2.05, 4.69) is 10.3 Å². The van der Waals surface area contributed by atoms with Crippen LogP contribution in [0.25, 0.3) is 10.9 Å². The number of carbonyl (C=O) groups excluding carboxylic acids is 1. The first-order chi connectivity index (χ1) is 14.6. The van der Waals surface area contributed by atoms with E-state index in [1.165, 1.54) is 28.6 Å². The molecule has 0 atom stereocenters. The molecule has 1 aromatic heterocycles. The van der Waals surface area contributed by atoms with Gasteiger partial charge in [0.25, 0.3) is 5.91 Å². The molecule has 1 amide bonds. The second-order valence-electron chi connectivity index (χ2n) is 7.07. The molecule has 1 fully saturated rings. The van der Waals surface area contributed by atoms with Crippen molar-refractivity contribution in [2.45, 2.75) is 17.7 Å². The minimum absolute atomic E-state index is 0.215. The van der Waals surface area contributed by atoms with E-state index in [9.17, 15) is 13.2 Å². The van der Waals surface area contributed by atoms with Crippen LogP contribution in [-0.2, 0) is 10.0 Å². The Labute approximate surface area is 175 Å². The molecule has 156 valence electrons. The van der Waals surface area contributed by atoms with Gasteiger partial charge in [0, 0.05) is 30.2 Å². The highest BCUT2D eigenvalue weighted by molar-refractivity contribution is 7.89. The maximum absolute atomic E-state index is 12.6. The fourth-order valence-electron chi connectivity index (χ4n) is 3.48. The summed E-state index contributed by atoms with van der Waals surface area (Å²) in [6.07, 6.45) is 3.48. The van der Waals surface area contributed by atoms with Crippen molar-refractivity contribution in [2.24, 2.45) is 0 Å². The standard InChI is InChI=1S/C22H23N3O4S/c26-22(18-8-10-19(11-9-18)30(27,28)25-14-1-2-15-25)24-13-16-29-20-7-3-5-17-6-4-12-23-21(17)20/h3-12H,1-2,13-16H2,(H,24,26). The van der Waals surface area contributed by atoms with Crippen molar-refractivity contribution in [1.29, 1.82) is 0 Å². The molecule has 1 saturated heterocycles. The lowest BCUT2D eigenvalue weighted by atomic mass is 10.2. The predicted octanol–water partition coefficient (Wildman–Crippen LogP) is 2.83. The summed E-state index contributed by atoms with van der Waals surface area (Å²) in [5, 5.41) is 3.78. The van der Waals surface area contributed by atoms with Crippen LogP contribution in [0.1, 0.15) is 23.2 Å². The van der Waals surface area contributed by atoms with Gasteiger partial charge in [0.05, 0.1) is 11.4 Å². The molecule has 1 aliphatic rings. The van der Waals surface area contributed by atoms with Gasteiger partial charge in [-0.25, -0.2) is 8.42 Å². The first-order valence-corrected chi connectivity index (χ1v) is 11.3. The zero-order valence-electron chi connectivity index (χ0n) is 16.5. The Kier molecular flexibility index (Phi) is 5.96.